The summed E-state index contributed by atoms with van der Waals surface area (Å²) in [4.78, 5) is 0. The first kappa shape index (κ1) is 14.2. The van der Waals surface area contributed by atoms with E-state index in [1.165, 1.54) is 29.5 Å². The molecule has 17 heavy (non-hydrogen) atoms. The highest BCUT2D eigenvalue weighted by Crippen LogP contribution is 2.14. The number of nitrogens with one attached hydrogen (secondary N) is 1. The summed E-state index contributed by atoms with van der Waals surface area (Å²) in [5.74, 6) is 0.805. The van der Waals surface area contributed by atoms with Gasteiger partial charge in [0, 0.05) is 12.6 Å². The third kappa shape index (κ3) is 4.91. The van der Waals surface area contributed by atoms with E-state index in [0.717, 1.165) is 12.5 Å². The van der Waals surface area contributed by atoms with Gasteiger partial charge in [0.05, 0.1) is 0 Å². The standard InChI is InChI=1S/C16H27N/c1-12(2)9-10-15(5)17-11-16-13(3)7-6-8-14(16)4/h6-8,12,15,17H,9-11H2,1-5H3. The number of rotatable bonds is 6. The number of aryl methyl sites for hydroxylation is 2. The van der Waals surface area contributed by atoms with E-state index >= 15 is 0 Å². The van der Waals surface area contributed by atoms with Gasteiger partial charge in [0.25, 0.3) is 0 Å². The summed E-state index contributed by atoms with van der Waals surface area (Å²) in [6, 6.07) is 7.14. The molecular weight excluding hydrogens is 206 g/mol. The molecule has 1 aromatic rings. The zero-order valence-electron chi connectivity index (χ0n) is 12.0. The first-order chi connectivity index (χ1) is 8.00. The molecular formula is C16H27N. The lowest BCUT2D eigenvalue weighted by atomic mass is 10.0. The molecule has 1 rings (SSSR count). The van der Waals surface area contributed by atoms with Gasteiger partial charge in [0.1, 0.15) is 0 Å². The molecule has 0 saturated heterocycles. The van der Waals surface area contributed by atoms with Gasteiger partial charge in [0.2, 0.25) is 0 Å². The van der Waals surface area contributed by atoms with Crippen molar-refractivity contribution in [2.75, 3.05) is 0 Å². The van der Waals surface area contributed by atoms with Crippen LogP contribution in [0.3, 0.4) is 0 Å². The summed E-state index contributed by atoms with van der Waals surface area (Å²) in [6.07, 6.45) is 2.57. The fourth-order valence-electron chi connectivity index (χ4n) is 2.09. The molecule has 1 aromatic carbocycles. The van der Waals surface area contributed by atoms with Gasteiger partial charge in [-0.2, -0.15) is 0 Å². The van der Waals surface area contributed by atoms with Crippen LogP contribution < -0.4 is 5.32 Å². The van der Waals surface area contributed by atoms with E-state index in [1.807, 2.05) is 0 Å². The van der Waals surface area contributed by atoms with Crippen LogP contribution in [0.1, 0.15) is 50.3 Å². The van der Waals surface area contributed by atoms with E-state index in [2.05, 4.69) is 58.1 Å². The number of benzene rings is 1. The molecule has 0 heterocycles. The lowest BCUT2D eigenvalue weighted by Crippen LogP contribution is -2.26. The fraction of sp³-hybridized carbons (Fsp3) is 0.625. The second kappa shape index (κ2) is 6.80. The van der Waals surface area contributed by atoms with Crippen LogP contribution >= 0.6 is 0 Å². The number of hydrogen-bond acceptors (Lipinski definition) is 1. The Hall–Kier alpha value is -0.820. The van der Waals surface area contributed by atoms with Gasteiger partial charge in [-0.15, -0.1) is 0 Å². The van der Waals surface area contributed by atoms with Crippen molar-refractivity contribution in [1.29, 1.82) is 0 Å². The quantitative estimate of drug-likeness (QED) is 0.776. The molecule has 0 aliphatic heterocycles. The van der Waals surface area contributed by atoms with Crippen molar-refractivity contribution in [1.82, 2.24) is 5.32 Å². The van der Waals surface area contributed by atoms with Gasteiger partial charge >= 0.3 is 0 Å². The second-order valence-electron chi connectivity index (χ2n) is 5.62. The first-order valence-electron chi connectivity index (χ1n) is 6.79. The molecule has 0 fully saturated rings. The summed E-state index contributed by atoms with van der Waals surface area (Å²) < 4.78 is 0. The Morgan fingerprint density at radius 2 is 1.59 bits per heavy atom. The number of hydrogen-bond donors (Lipinski definition) is 1. The van der Waals surface area contributed by atoms with Gasteiger partial charge in [0.15, 0.2) is 0 Å². The lowest BCUT2D eigenvalue weighted by Gasteiger charge is -2.17. The summed E-state index contributed by atoms with van der Waals surface area (Å²) in [7, 11) is 0. The Morgan fingerprint density at radius 3 is 2.12 bits per heavy atom. The van der Waals surface area contributed by atoms with E-state index < -0.39 is 0 Å². The molecule has 1 atom stereocenters. The van der Waals surface area contributed by atoms with Crippen molar-refractivity contribution in [3.05, 3.63) is 34.9 Å². The van der Waals surface area contributed by atoms with Crippen LogP contribution in [0.4, 0.5) is 0 Å². The fourth-order valence-corrected chi connectivity index (χ4v) is 2.09. The largest absolute Gasteiger partial charge is 0.310 e. The summed E-state index contributed by atoms with van der Waals surface area (Å²) in [6.45, 7) is 12.3. The average Bonchev–Trinajstić information content (AvgIpc) is 2.25. The lowest BCUT2D eigenvalue weighted by molar-refractivity contribution is 0.450. The van der Waals surface area contributed by atoms with E-state index in [1.54, 1.807) is 0 Å². The predicted octanol–water partition coefficient (Wildman–Crippen LogP) is 4.22. The highest BCUT2D eigenvalue weighted by atomic mass is 14.9. The van der Waals surface area contributed by atoms with Crippen molar-refractivity contribution in [2.45, 2.75) is 60.0 Å². The third-order valence-corrected chi connectivity index (χ3v) is 3.45. The molecule has 0 spiro atoms. The molecule has 0 aromatic heterocycles. The van der Waals surface area contributed by atoms with Crippen LogP contribution in [0.2, 0.25) is 0 Å². The molecule has 1 unspecified atom stereocenters. The van der Waals surface area contributed by atoms with Crippen molar-refractivity contribution in [3.63, 3.8) is 0 Å². The van der Waals surface area contributed by atoms with Crippen molar-refractivity contribution in [2.24, 2.45) is 5.92 Å². The normalized spacial score (nSPS) is 13.1. The van der Waals surface area contributed by atoms with Crippen LogP contribution in [-0.4, -0.2) is 6.04 Å². The Morgan fingerprint density at radius 1 is 1.00 bits per heavy atom. The zero-order chi connectivity index (χ0) is 12.8. The van der Waals surface area contributed by atoms with Crippen LogP contribution in [0.5, 0.6) is 0 Å². The molecule has 0 amide bonds. The van der Waals surface area contributed by atoms with Gasteiger partial charge in [-0.3, -0.25) is 0 Å². The third-order valence-electron chi connectivity index (χ3n) is 3.45. The molecule has 0 aliphatic carbocycles. The predicted molar refractivity (Wildman–Crippen MR) is 76.3 cm³/mol. The maximum atomic E-state index is 3.64. The average molecular weight is 233 g/mol. The van der Waals surface area contributed by atoms with Crippen LogP contribution in [-0.2, 0) is 6.54 Å². The van der Waals surface area contributed by atoms with Crippen molar-refractivity contribution < 1.29 is 0 Å². The molecule has 1 heteroatoms. The molecule has 1 N–H and O–H groups in total. The highest BCUT2D eigenvalue weighted by Gasteiger charge is 2.06. The smallest absolute Gasteiger partial charge is 0.0213 e. The Balaban J connectivity index is 2.44. The zero-order valence-corrected chi connectivity index (χ0v) is 12.0. The molecule has 0 bridgehead atoms. The van der Waals surface area contributed by atoms with E-state index in [4.69, 9.17) is 0 Å². The minimum atomic E-state index is 0.608. The minimum absolute atomic E-state index is 0.608. The van der Waals surface area contributed by atoms with Gasteiger partial charge in [-0.25, -0.2) is 0 Å². The molecule has 0 radical (unpaired) electrons. The molecule has 96 valence electrons. The molecule has 0 aliphatic rings. The minimum Gasteiger partial charge on any atom is -0.310 e. The topological polar surface area (TPSA) is 12.0 Å². The summed E-state index contributed by atoms with van der Waals surface area (Å²) in [5, 5.41) is 3.64. The van der Waals surface area contributed by atoms with E-state index in [-0.39, 0.29) is 0 Å². The summed E-state index contributed by atoms with van der Waals surface area (Å²) >= 11 is 0. The second-order valence-corrected chi connectivity index (χ2v) is 5.62. The first-order valence-corrected chi connectivity index (χ1v) is 6.79. The maximum Gasteiger partial charge on any atom is 0.0213 e. The summed E-state index contributed by atoms with van der Waals surface area (Å²) in [5.41, 5.74) is 4.26. The van der Waals surface area contributed by atoms with Crippen LogP contribution in [0, 0.1) is 19.8 Å². The SMILES string of the molecule is Cc1cccc(C)c1CNC(C)CCC(C)C. The monoisotopic (exact) mass is 233 g/mol. The van der Waals surface area contributed by atoms with Gasteiger partial charge in [-0.05, 0) is 56.2 Å². The Kier molecular flexibility index (Phi) is 5.70. The Bertz CT molecular complexity index is 321. The maximum absolute atomic E-state index is 3.64. The molecule has 0 saturated carbocycles. The van der Waals surface area contributed by atoms with Crippen LogP contribution in [0.25, 0.3) is 0 Å². The van der Waals surface area contributed by atoms with Crippen molar-refractivity contribution >= 4 is 0 Å². The van der Waals surface area contributed by atoms with Crippen molar-refractivity contribution in [3.8, 4) is 0 Å². The highest BCUT2D eigenvalue weighted by molar-refractivity contribution is 5.33. The van der Waals surface area contributed by atoms with E-state index in [0.29, 0.717) is 6.04 Å². The van der Waals surface area contributed by atoms with Gasteiger partial charge in [-0.1, -0.05) is 32.0 Å². The molecule has 1 nitrogen and oxygen atoms in total. The van der Waals surface area contributed by atoms with Gasteiger partial charge < -0.3 is 5.32 Å². The van der Waals surface area contributed by atoms with E-state index in [9.17, 15) is 0 Å². The van der Waals surface area contributed by atoms with Crippen LogP contribution in [0.15, 0.2) is 18.2 Å². The Labute approximate surface area is 107 Å².